The van der Waals surface area contributed by atoms with E-state index in [0.717, 1.165) is 34.7 Å². The Morgan fingerprint density at radius 1 is 0.814 bits per heavy atom. The summed E-state index contributed by atoms with van der Waals surface area (Å²) in [4.78, 5) is 43.3. The van der Waals surface area contributed by atoms with Gasteiger partial charge in [0.1, 0.15) is 12.3 Å². The van der Waals surface area contributed by atoms with Gasteiger partial charge in [0.2, 0.25) is 11.8 Å². The minimum absolute atomic E-state index is 0.0209. The van der Waals surface area contributed by atoms with E-state index in [2.05, 4.69) is 34.8 Å². The van der Waals surface area contributed by atoms with Gasteiger partial charge in [0, 0.05) is 13.0 Å². The number of amides is 2. The van der Waals surface area contributed by atoms with Crippen molar-refractivity contribution in [2.24, 2.45) is 22.4 Å². The molecule has 2 amide bonds. The SMILES string of the molecule is CC(C)CCCN[C@H](Cc1ccccc1)C(=O)N[C@@H](Cc1cccc2ccccc12)C(=O)N[C@H](C=O)CCCN=C(N)N. The maximum atomic E-state index is 13.8. The van der Waals surface area contributed by atoms with Gasteiger partial charge in [0.15, 0.2) is 5.96 Å². The predicted octanol–water partition coefficient (Wildman–Crippen LogP) is 3.24. The molecule has 0 unspecified atom stereocenters. The summed E-state index contributed by atoms with van der Waals surface area (Å²) in [5, 5.41) is 11.3. The number of carbonyl (C=O) groups is 3. The van der Waals surface area contributed by atoms with Gasteiger partial charge in [-0.15, -0.1) is 0 Å². The number of nitrogens with zero attached hydrogens (tertiary/aromatic N) is 1. The topological polar surface area (TPSA) is 152 Å². The van der Waals surface area contributed by atoms with Crippen LogP contribution in [0.5, 0.6) is 0 Å². The number of benzene rings is 3. The molecule has 0 fully saturated rings. The number of rotatable bonds is 18. The zero-order chi connectivity index (χ0) is 31.0. The lowest BCUT2D eigenvalue weighted by atomic mass is 9.97. The summed E-state index contributed by atoms with van der Waals surface area (Å²) in [6.45, 7) is 5.39. The Kier molecular flexibility index (Phi) is 13.7. The van der Waals surface area contributed by atoms with E-state index in [4.69, 9.17) is 11.5 Å². The van der Waals surface area contributed by atoms with Gasteiger partial charge < -0.3 is 32.2 Å². The largest absolute Gasteiger partial charge is 0.370 e. The van der Waals surface area contributed by atoms with Crippen molar-refractivity contribution < 1.29 is 14.4 Å². The molecule has 0 aliphatic carbocycles. The third kappa shape index (κ3) is 11.5. The van der Waals surface area contributed by atoms with Gasteiger partial charge in [-0.25, -0.2) is 0 Å². The monoisotopic (exact) mass is 586 g/mol. The number of hydrogen-bond acceptors (Lipinski definition) is 5. The Labute approximate surface area is 254 Å². The molecule has 0 spiro atoms. The van der Waals surface area contributed by atoms with Crippen LogP contribution in [0.1, 0.15) is 50.7 Å². The first-order chi connectivity index (χ1) is 20.8. The fourth-order valence-electron chi connectivity index (χ4n) is 5.04. The summed E-state index contributed by atoms with van der Waals surface area (Å²) in [6.07, 6.45) is 4.34. The van der Waals surface area contributed by atoms with E-state index in [1.54, 1.807) is 0 Å². The lowest BCUT2D eigenvalue weighted by Crippen LogP contribution is -2.55. The third-order valence-electron chi connectivity index (χ3n) is 7.34. The molecule has 0 saturated heterocycles. The second kappa shape index (κ2) is 17.7. The molecule has 0 aromatic heterocycles. The van der Waals surface area contributed by atoms with E-state index in [9.17, 15) is 14.4 Å². The third-order valence-corrected chi connectivity index (χ3v) is 7.34. The molecule has 0 heterocycles. The van der Waals surface area contributed by atoms with Crippen molar-refractivity contribution >= 4 is 34.8 Å². The van der Waals surface area contributed by atoms with E-state index in [-0.39, 0.29) is 18.3 Å². The van der Waals surface area contributed by atoms with Gasteiger partial charge in [-0.05, 0) is 66.5 Å². The average molecular weight is 587 g/mol. The zero-order valence-corrected chi connectivity index (χ0v) is 25.3. The van der Waals surface area contributed by atoms with Gasteiger partial charge in [0.25, 0.3) is 0 Å². The standard InChI is InChI=1S/C34H46N6O3/c1-24(2)11-9-19-37-30(21-25-12-4-3-5-13-25)32(42)40-31(22-27-16-8-15-26-14-6-7-18-29(26)27)33(43)39-28(23-41)17-10-20-38-34(35)36/h3-8,12-16,18,23-24,28,30-31,37H,9-11,17,19-22H2,1-2H3,(H,39,43)(H,40,42)(H4,35,36,38)/t28-,30+,31-/m0/s1. The quantitative estimate of drug-likeness (QED) is 0.0668. The van der Waals surface area contributed by atoms with Crippen molar-refractivity contribution in [3.63, 3.8) is 0 Å². The van der Waals surface area contributed by atoms with Crippen molar-refractivity contribution in [1.82, 2.24) is 16.0 Å². The van der Waals surface area contributed by atoms with Gasteiger partial charge in [0.05, 0.1) is 12.1 Å². The molecule has 3 aromatic rings. The van der Waals surface area contributed by atoms with Crippen LogP contribution in [0.15, 0.2) is 77.8 Å². The minimum atomic E-state index is -0.894. The van der Waals surface area contributed by atoms with Crippen LogP contribution in [-0.4, -0.2) is 55.3 Å². The van der Waals surface area contributed by atoms with Gasteiger partial charge >= 0.3 is 0 Å². The second-order valence-corrected chi connectivity index (χ2v) is 11.3. The molecule has 9 heteroatoms. The van der Waals surface area contributed by atoms with Crippen LogP contribution < -0.4 is 27.4 Å². The first-order valence-electron chi connectivity index (χ1n) is 15.1. The summed E-state index contributed by atoms with van der Waals surface area (Å²) in [5.74, 6) is -0.127. The number of guanidine groups is 1. The first-order valence-corrected chi connectivity index (χ1v) is 15.1. The second-order valence-electron chi connectivity index (χ2n) is 11.3. The summed E-state index contributed by atoms with van der Waals surface area (Å²) < 4.78 is 0. The van der Waals surface area contributed by atoms with Crippen LogP contribution in [0.25, 0.3) is 10.8 Å². The summed E-state index contributed by atoms with van der Waals surface area (Å²) in [6, 6.07) is 21.5. The van der Waals surface area contributed by atoms with E-state index in [0.29, 0.717) is 44.6 Å². The molecule has 7 N–H and O–H groups in total. The van der Waals surface area contributed by atoms with E-state index in [1.807, 2.05) is 72.8 Å². The minimum Gasteiger partial charge on any atom is -0.370 e. The normalized spacial score (nSPS) is 13.2. The molecule has 43 heavy (non-hydrogen) atoms. The highest BCUT2D eigenvalue weighted by Gasteiger charge is 2.28. The Morgan fingerprint density at radius 3 is 2.23 bits per heavy atom. The molecule has 3 aromatic carbocycles. The smallest absolute Gasteiger partial charge is 0.243 e. The Morgan fingerprint density at radius 2 is 1.51 bits per heavy atom. The summed E-state index contributed by atoms with van der Waals surface area (Å²) in [7, 11) is 0. The van der Waals surface area contributed by atoms with Crippen molar-refractivity contribution in [2.45, 2.75) is 70.5 Å². The summed E-state index contributed by atoms with van der Waals surface area (Å²) in [5.41, 5.74) is 12.7. The van der Waals surface area contributed by atoms with E-state index >= 15 is 0 Å². The van der Waals surface area contributed by atoms with Crippen LogP contribution in [0, 0.1) is 5.92 Å². The van der Waals surface area contributed by atoms with E-state index in [1.165, 1.54) is 0 Å². The highest BCUT2D eigenvalue weighted by Crippen LogP contribution is 2.20. The molecule has 230 valence electrons. The molecule has 0 radical (unpaired) electrons. The highest BCUT2D eigenvalue weighted by atomic mass is 16.2. The lowest BCUT2D eigenvalue weighted by Gasteiger charge is -2.25. The van der Waals surface area contributed by atoms with Crippen LogP contribution in [0.4, 0.5) is 0 Å². The molecule has 3 atom stereocenters. The molecule has 0 aliphatic rings. The van der Waals surface area contributed by atoms with Crippen LogP contribution in [0.2, 0.25) is 0 Å². The fourth-order valence-corrected chi connectivity index (χ4v) is 5.04. The maximum absolute atomic E-state index is 13.8. The van der Waals surface area contributed by atoms with Crippen LogP contribution in [0.3, 0.4) is 0 Å². The predicted molar refractivity (Wildman–Crippen MR) is 173 cm³/mol. The van der Waals surface area contributed by atoms with Crippen molar-refractivity contribution in [2.75, 3.05) is 13.1 Å². The number of hydrogen-bond donors (Lipinski definition) is 5. The maximum Gasteiger partial charge on any atom is 0.243 e. The Bertz CT molecular complexity index is 1330. The molecule has 0 bridgehead atoms. The number of aliphatic imine (C=N–C) groups is 1. The van der Waals surface area contributed by atoms with Gasteiger partial charge in [-0.3, -0.25) is 14.6 Å². The average Bonchev–Trinajstić information content (AvgIpc) is 3.00. The molecular weight excluding hydrogens is 540 g/mol. The zero-order valence-electron chi connectivity index (χ0n) is 25.3. The molecule has 3 rings (SSSR count). The van der Waals surface area contributed by atoms with Crippen LogP contribution in [-0.2, 0) is 27.2 Å². The molecular formula is C34H46N6O3. The molecule has 0 saturated carbocycles. The van der Waals surface area contributed by atoms with Gasteiger partial charge in [-0.1, -0.05) is 86.6 Å². The Hall–Kier alpha value is -4.24. The van der Waals surface area contributed by atoms with Crippen LogP contribution >= 0.6 is 0 Å². The number of nitrogens with two attached hydrogens (primary N) is 2. The summed E-state index contributed by atoms with van der Waals surface area (Å²) >= 11 is 0. The fraction of sp³-hybridized carbons (Fsp3) is 0.412. The number of carbonyl (C=O) groups excluding carboxylic acids is 3. The first kappa shape index (κ1) is 33.3. The van der Waals surface area contributed by atoms with Crippen molar-refractivity contribution in [1.29, 1.82) is 0 Å². The van der Waals surface area contributed by atoms with E-state index < -0.39 is 24.0 Å². The number of fused-ring (bicyclic) bond motifs is 1. The van der Waals surface area contributed by atoms with Crippen molar-refractivity contribution in [3.8, 4) is 0 Å². The molecule has 0 aliphatic heterocycles. The number of nitrogens with one attached hydrogen (secondary N) is 3. The number of aldehydes is 1. The lowest BCUT2D eigenvalue weighted by molar-refractivity contribution is -0.131. The van der Waals surface area contributed by atoms with Crippen molar-refractivity contribution in [3.05, 3.63) is 83.9 Å². The van der Waals surface area contributed by atoms with Gasteiger partial charge in [-0.2, -0.15) is 0 Å². The highest BCUT2D eigenvalue weighted by molar-refractivity contribution is 5.92. The molecule has 9 nitrogen and oxygen atoms in total. The Balaban J connectivity index is 1.82.